The summed E-state index contributed by atoms with van der Waals surface area (Å²) in [6, 6.07) is 11.7. The first-order chi connectivity index (χ1) is 13.4. The number of carbonyl (C=O) groups excluding carboxylic acids is 2. The predicted molar refractivity (Wildman–Crippen MR) is 116 cm³/mol. The minimum Gasteiger partial charge on any atom is -0.497 e. The van der Waals surface area contributed by atoms with Crippen LogP contribution in [0.2, 0.25) is 10.0 Å². The number of hydrogen-bond acceptors (Lipinski definition) is 5. The lowest BCUT2D eigenvalue weighted by molar-refractivity contribution is 0.0935. The molecule has 0 atom stereocenters. The summed E-state index contributed by atoms with van der Waals surface area (Å²) in [6.45, 7) is 0. The third kappa shape index (κ3) is 4.53. The number of thiocarbonyl (C=S) groups is 1. The molecule has 2 aromatic carbocycles. The maximum atomic E-state index is 12.5. The van der Waals surface area contributed by atoms with Crippen molar-refractivity contribution in [2.75, 3.05) is 7.11 Å². The zero-order valence-electron chi connectivity index (χ0n) is 14.3. The average molecular weight is 454 g/mol. The number of fused-ring (bicyclic) bond motifs is 1. The smallest absolute Gasteiger partial charge is 0.269 e. The molecule has 0 saturated carbocycles. The van der Waals surface area contributed by atoms with E-state index in [1.165, 1.54) is 17.4 Å². The summed E-state index contributed by atoms with van der Waals surface area (Å²) in [5.74, 6) is -0.274. The van der Waals surface area contributed by atoms with Crippen LogP contribution in [0.3, 0.4) is 0 Å². The number of methoxy groups -OCH3 is 1. The Morgan fingerprint density at radius 3 is 2.57 bits per heavy atom. The standard InChI is InChI=1S/C18H13Cl2N3O3S2/c1-26-11-5-6-12-13(8-11)28-15(14(12)20)17(25)21-18(27)23-22-16(24)9-3-2-4-10(19)7-9/h2-8H,1H3,(H,22,24)(H2,21,23,25,27). The van der Waals surface area contributed by atoms with E-state index >= 15 is 0 Å². The maximum absolute atomic E-state index is 12.5. The predicted octanol–water partition coefficient (Wildman–Crippen LogP) is 4.17. The van der Waals surface area contributed by atoms with Gasteiger partial charge in [0.2, 0.25) is 0 Å². The molecule has 3 rings (SSSR count). The van der Waals surface area contributed by atoms with E-state index in [9.17, 15) is 9.59 Å². The number of hydrogen-bond donors (Lipinski definition) is 3. The van der Waals surface area contributed by atoms with Crippen LogP contribution in [0.15, 0.2) is 42.5 Å². The van der Waals surface area contributed by atoms with Gasteiger partial charge in [-0.2, -0.15) is 0 Å². The first-order valence-electron chi connectivity index (χ1n) is 7.82. The van der Waals surface area contributed by atoms with E-state index in [1.807, 2.05) is 0 Å². The molecule has 3 N–H and O–H groups in total. The molecule has 3 aromatic rings. The third-order valence-electron chi connectivity index (χ3n) is 3.65. The Labute approximate surface area is 179 Å². The Hall–Kier alpha value is -2.39. The van der Waals surface area contributed by atoms with Crippen LogP contribution in [0, 0.1) is 0 Å². The molecule has 0 aliphatic rings. The highest BCUT2D eigenvalue weighted by Crippen LogP contribution is 2.37. The molecule has 0 fully saturated rings. The minimum absolute atomic E-state index is 0.0773. The number of ether oxygens (including phenoxy) is 1. The fourth-order valence-electron chi connectivity index (χ4n) is 2.33. The quantitative estimate of drug-likeness (QED) is 0.409. The second-order valence-corrected chi connectivity index (χ2v) is 7.75. The normalized spacial score (nSPS) is 10.4. The van der Waals surface area contributed by atoms with E-state index in [-0.39, 0.29) is 5.11 Å². The van der Waals surface area contributed by atoms with E-state index in [1.54, 1.807) is 43.5 Å². The summed E-state index contributed by atoms with van der Waals surface area (Å²) < 4.78 is 5.99. The number of carbonyl (C=O) groups is 2. The van der Waals surface area contributed by atoms with Gasteiger partial charge in [0.1, 0.15) is 10.6 Å². The molecule has 0 spiro atoms. The molecule has 0 radical (unpaired) electrons. The van der Waals surface area contributed by atoms with Gasteiger partial charge in [-0.3, -0.25) is 25.8 Å². The highest BCUT2D eigenvalue weighted by Gasteiger charge is 2.18. The van der Waals surface area contributed by atoms with Gasteiger partial charge in [0, 0.05) is 20.7 Å². The molecule has 0 saturated heterocycles. The summed E-state index contributed by atoms with van der Waals surface area (Å²) in [7, 11) is 1.56. The van der Waals surface area contributed by atoms with Gasteiger partial charge in [-0.25, -0.2) is 0 Å². The number of halogens is 2. The van der Waals surface area contributed by atoms with Gasteiger partial charge in [-0.15, -0.1) is 11.3 Å². The van der Waals surface area contributed by atoms with Gasteiger partial charge in [-0.1, -0.05) is 29.3 Å². The van der Waals surface area contributed by atoms with Crippen molar-refractivity contribution in [2.45, 2.75) is 0 Å². The minimum atomic E-state index is -0.486. The number of amides is 2. The number of hydrazine groups is 1. The lowest BCUT2D eigenvalue weighted by atomic mass is 10.2. The second kappa shape index (κ2) is 8.74. The molecule has 6 nitrogen and oxygen atoms in total. The second-order valence-electron chi connectivity index (χ2n) is 5.48. The van der Waals surface area contributed by atoms with Crippen molar-refractivity contribution in [3.05, 3.63) is 63.0 Å². The lowest BCUT2D eigenvalue weighted by Gasteiger charge is -2.10. The van der Waals surface area contributed by atoms with Crippen molar-refractivity contribution in [1.82, 2.24) is 16.2 Å². The summed E-state index contributed by atoms with van der Waals surface area (Å²) >= 11 is 18.4. The van der Waals surface area contributed by atoms with E-state index in [2.05, 4.69) is 16.2 Å². The van der Waals surface area contributed by atoms with Gasteiger partial charge >= 0.3 is 0 Å². The highest BCUT2D eigenvalue weighted by molar-refractivity contribution is 7.80. The Kier molecular flexibility index (Phi) is 6.35. The van der Waals surface area contributed by atoms with Gasteiger partial charge in [0.15, 0.2) is 5.11 Å². The van der Waals surface area contributed by atoms with Crippen LogP contribution >= 0.6 is 46.8 Å². The molecule has 0 unspecified atom stereocenters. The largest absolute Gasteiger partial charge is 0.497 e. The Balaban J connectivity index is 1.64. The molecule has 0 bridgehead atoms. The van der Waals surface area contributed by atoms with Crippen LogP contribution in [-0.2, 0) is 0 Å². The molecular weight excluding hydrogens is 441 g/mol. The molecular formula is C18H13Cl2N3O3S2. The molecule has 0 aliphatic carbocycles. The lowest BCUT2D eigenvalue weighted by Crippen LogP contribution is -2.48. The monoisotopic (exact) mass is 453 g/mol. The summed E-state index contributed by atoms with van der Waals surface area (Å²) in [5, 5.41) is 3.90. The van der Waals surface area contributed by atoms with Gasteiger partial charge < -0.3 is 4.74 Å². The number of benzene rings is 2. The third-order valence-corrected chi connectivity index (χ3v) is 5.74. The van der Waals surface area contributed by atoms with Crippen LogP contribution in [-0.4, -0.2) is 24.0 Å². The average Bonchev–Trinajstić information content (AvgIpc) is 3.02. The zero-order valence-corrected chi connectivity index (χ0v) is 17.5. The van der Waals surface area contributed by atoms with Crippen molar-refractivity contribution in [1.29, 1.82) is 0 Å². The molecule has 2 amide bonds. The summed E-state index contributed by atoms with van der Waals surface area (Å²) in [4.78, 5) is 24.8. The number of rotatable bonds is 3. The Morgan fingerprint density at radius 1 is 1.07 bits per heavy atom. The first kappa shape index (κ1) is 20.3. The SMILES string of the molecule is COc1ccc2c(Cl)c(C(=O)NC(=S)NNC(=O)c3cccc(Cl)c3)sc2c1. The van der Waals surface area contributed by atoms with Crippen molar-refractivity contribution in [3.63, 3.8) is 0 Å². The number of nitrogens with one attached hydrogen (secondary N) is 3. The molecule has 1 aromatic heterocycles. The number of thiophene rings is 1. The van der Waals surface area contributed by atoms with E-state index < -0.39 is 11.8 Å². The molecule has 144 valence electrons. The van der Waals surface area contributed by atoms with E-state index in [0.717, 1.165) is 10.1 Å². The topological polar surface area (TPSA) is 79.5 Å². The molecule has 10 heteroatoms. The van der Waals surface area contributed by atoms with Crippen LogP contribution in [0.5, 0.6) is 5.75 Å². The fourth-order valence-corrected chi connectivity index (χ4v) is 4.10. The van der Waals surface area contributed by atoms with Gasteiger partial charge in [0.05, 0.1) is 12.1 Å². The molecule has 28 heavy (non-hydrogen) atoms. The molecule has 0 aliphatic heterocycles. The van der Waals surface area contributed by atoms with Crippen LogP contribution in [0.25, 0.3) is 10.1 Å². The van der Waals surface area contributed by atoms with Crippen molar-refractivity contribution in [2.24, 2.45) is 0 Å². The first-order valence-corrected chi connectivity index (χ1v) is 9.80. The zero-order chi connectivity index (χ0) is 20.3. The fraction of sp³-hybridized carbons (Fsp3) is 0.0556. The van der Waals surface area contributed by atoms with E-state index in [4.69, 9.17) is 40.2 Å². The van der Waals surface area contributed by atoms with E-state index in [0.29, 0.717) is 26.2 Å². The maximum Gasteiger partial charge on any atom is 0.269 e. The van der Waals surface area contributed by atoms with Crippen LogP contribution in [0.1, 0.15) is 20.0 Å². The van der Waals surface area contributed by atoms with Crippen LogP contribution in [0.4, 0.5) is 0 Å². The highest BCUT2D eigenvalue weighted by atomic mass is 35.5. The summed E-state index contributed by atoms with van der Waals surface area (Å²) in [6.07, 6.45) is 0. The Morgan fingerprint density at radius 2 is 1.86 bits per heavy atom. The molecule has 1 heterocycles. The van der Waals surface area contributed by atoms with Crippen molar-refractivity contribution >= 4 is 73.8 Å². The van der Waals surface area contributed by atoms with Crippen molar-refractivity contribution < 1.29 is 14.3 Å². The van der Waals surface area contributed by atoms with Crippen molar-refractivity contribution in [3.8, 4) is 5.75 Å². The van der Waals surface area contributed by atoms with Crippen LogP contribution < -0.4 is 20.9 Å². The summed E-state index contributed by atoms with van der Waals surface area (Å²) in [5.41, 5.74) is 5.20. The van der Waals surface area contributed by atoms with Gasteiger partial charge in [-0.05, 0) is 48.6 Å². The van der Waals surface area contributed by atoms with Gasteiger partial charge in [0.25, 0.3) is 11.8 Å². The Bertz CT molecular complexity index is 1090.